The monoisotopic (exact) mass is 213 g/mol. The van der Waals surface area contributed by atoms with Crippen LogP contribution >= 0.6 is 0 Å². The molecular weight excluding hydrogens is 204 g/mol. The van der Waals surface area contributed by atoms with Crippen LogP contribution in [0, 0.1) is 0 Å². The van der Waals surface area contributed by atoms with Crippen LogP contribution in [0.2, 0.25) is 0 Å². The molecular formula is C8H9N2O3S-. The van der Waals surface area contributed by atoms with Crippen molar-refractivity contribution in [2.75, 3.05) is 0 Å². The quantitative estimate of drug-likeness (QED) is 0.666. The van der Waals surface area contributed by atoms with Crippen molar-refractivity contribution >= 4 is 17.2 Å². The number of hydrogen-bond donors (Lipinski definition) is 2. The lowest BCUT2D eigenvalue weighted by Crippen LogP contribution is -2.34. The van der Waals surface area contributed by atoms with Crippen molar-refractivity contribution in [3.8, 4) is 0 Å². The Morgan fingerprint density at radius 3 is 2.43 bits per heavy atom. The summed E-state index contributed by atoms with van der Waals surface area (Å²) in [6.45, 7) is 0. The third-order valence-corrected chi connectivity index (χ3v) is 2.06. The zero-order chi connectivity index (χ0) is 10.6. The predicted octanol–water partition coefficient (Wildman–Crippen LogP) is -0.403. The van der Waals surface area contributed by atoms with E-state index >= 15 is 0 Å². The van der Waals surface area contributed by atoms with Gasteiger partial charge in [0.2, 0.25) is 5.91 Å². The number of hydrogen-bond acceptors (Lipinski definition) is 3. The van der Waals surface area contributed by atoms with Gasteiger partial charge >= 0.3 is 0 Å². The number of carbonyl (C=O) groups excluding carboxylic acids is 1. The summed E-state index contributed by atoms with van der Waals surface area (Å²) in [4.78, 5) is 10.9. The van der Waals surface area contributed by atoms with Crippen LogP contribution in [0.4, 0.5) is 0 Å². The molecule has 0 aliphatic rings. The highest BCUT2D eigenvalue weighted by Gasteiger charge is 2.16. The highest BCUT2D eigenvalue weighted by atomic mass is 32.2. The number of rotatable bonds is 4. The molecule has 0 saturated heterocycles. The van der Waals surface area contributed by atoms with Crippen LogP contribution in [0.5, 0.6) is 0 Å². The van der Waals surface area contributed by atoms with E-state index in [1.54, 1.807) is 30.3 Å². The normalized spacial score (nSPS) is 14.6. The first kappa shape index (κ1) is 10.8. The fraction of sp³-hybridized carbons (Fsp3) is 0.125. The molecule has 3 N–H and O–H groups in total. The molecule has 1 rings (SSSR count). The number of carbonyl (C=O) groups is 1. The van der Waals surface area contributed by atoms with Crippen LogP contribution < -0.4 is 10.5 Å². The highest BCUT2D eigenvalue weighted by molar-refractivity contribution is 7.77. The van der Waals surface area contributed by atoms with Gasteiger partial charge < -0.3 is 10.3 Å². The first-order chi connectivity index (χ1) is 6.61. The van der Waals surface area contributed by atoms with Gasteiger partial charge in [-0.05, 0) is 5.56 Å². The molecule has 2 atom stereocenters. The molecule has 1 aromatic carbocycles. The number of nitrogens with one attached hydrogen (secondary N) is 1. The Labute approximate surface area is 83.7 Å². The number of benzene rings is 1. The Morgan fingerprint density at radius 1 is 1.43 bits per heavy atom. The molecule has 1 aromatic rings. The smallest absolute Gasteiger partial charge is 0.240 e. The number of primary amides is 1. The van der Waals surface area contributed by atoms with Crippen LogP contribution in [0.1, 0.15) is 11.6 Å². The summed E-state index contributed by atoms with van der Waals surface area (Å²) >= 11 is -2.52. The maximum absolute atomic E-state index is 10.9. The summed E-state index contributed by atoms with van der Waals surface area (Å²) in [5, 5.41) is 0. The molecule has 0 bridgehead atoms. The Kier molecular flexibility index (Phi) is 3.75. The minimum absolute atomic E-state index is 0.518. The standard InChI is InChI=1S/C8H10N2O3S/c9-8(11)7(10-14(12)13)6-4-2-1-3-5-6/h1-5,7,10H,(H2,9,11)(H,12,13)/p-1. The van der Waals surface area contributed by atoms with Crippen molar-refractivity contribution in [2.24, 2.45) is 5.73 Å². The van der Waals surface area contributed by atoms with Gasteiger partial charge in [0.05, 0.1) is 0 Å². The lowest BCUT2D eigenvalue weighted by Gasteiger charge is -2.16. The zero-order valence-electron chi connectivity index (χ0n) is 7.17. The second-order valence-corrected chi connectivity index (χ2v) is 3.30. The summed E-state index contributed by atoms with van der Waals surface area (Å²) < 4.78 is 22.8. The Hall–Kier alpha value is -1.24. The average Bonchev–Trinajstić information content (AvgIpc) is 2.15. The summed E-state index contributed by atoms with van der Waals surface area (Å²) in [7, 11) is 0. The predicted molar refractivity (Wildman–Crippen MR) is 50.4 cm³/mol. The zero-order valence-corrected chi connectivity index (χ0v) is 7.99. The van der Waals surface area contributed by atoms with Gasteiger partial charge in [-0.1, -0.05) is 30.3 Å². The van der Waals surface area contributed by atoms with E-state index in [1.165, 1.54) is 0 Å². The Morgan fingerprint density at radius 2 is 2.00 bits per heavy atom. The summed E-state index contributed by atoms with van der Waals surface area (Å²) in [6, 6.07) is 7.39. The molecule has 14 heavy (non-hydrogen) atoms. The lowest BCUT2D eigenvalue weighted by atomic mass is 10.1. The van der Waals surface area contributed by atoms with Gasteiger partial charge in [0.1, 0.15) is 6.04 Å². The van der Waals surface area contributed by atoms with E-state index in [9.17, 15) is 13.6 Å². The van der Waals surface area contributed by atoms with Gasteiger partial charge in [0, 0.05) is 11.3 Å². The molecule has 0 saturated carbocycles. The van der Waals surface area contributed by atoms with E-state index in [-0.39, 0.29) is 0 Å². The maximum atomic E-state index is 10.9. The third kappa shape index (κ3) is 2.91. The maximum Gasteiger partial charge on any atom is 0.240 e. The second kappa shape index (κ2) is 4.85. The molecule has 0 radical (unpaired) electrons. The number of amides is 1. The molecule has 0 fully saturated rings. The van der Waals surface area contributed by atoms with Crippen LogP contribution in [0.15, 0.2) is 30.3 Å². The van der Waals surface area contributed by atoms with E-state index in [4.69, 9.17) is 5.73 Å². The van der Waals surface area contributed by atoms with Gasteiger partial charge in [-0.2, -0.15) is 0 Å². The summed E-state index contributed by atoms with van der Waals surface area (Å²) in [6.07, 6.45) is 0. The summed E-state index contributed by atoms with van der Waals surface area (Å²) in [5.41, 5.74) is 5.56. The second-order valence-electron chi connectivity index (χ2n) is 2.60. The number of nitrogens with two attached hydrogens (primary N) is 1. The molecule has 0 aromatic heterocycles. The van der Waals surface area contributed by atoms with Crippen LogP contribution in [-0.4, -0.2) is 14.7 Å². The molecule has 0 spiro atoms. The average molecular weight is 213 g/mol. The SMILES string of the molecule is NC(=O)C(NS(=O)[O-])c1ccccc1. The van der Waals surface area contributed by atoms with Gasteiger partial charge in [-0.15, -0.1) is 0 Å². The van der Waals surface area contributed by atoms with Crippen LogP contribution in [0.25, 0.3) is 0 Å². The third-order valence-electron chi connectivity index (χ3n) is 1.63. The van der Waals surface area contributed by atoms with Crippen molar-refractivity contribution in [1.29, 1.82) is 0 Å². The minimum atomic E-state index is -2.52. The van der Waals surface area contributed by atoms with Crippen molar-refractivity contribution < 1.29 is 13.6 Å². The van der Waals surface area contributed by atoms with E-state index in [2.05, 4.69) is 0 Å². The molecule has 2 unspecified atom stereocenters. The van der Waals surface area contributed by atoms with Crippen molar-refractivity contribution in [3.63, 3.8) is 0 Å². The molecule has 5 nitrogen and oxygen atoms in total. The molecule has 6 heteroatoms. The van der Waals surface area contributed by atoms with Gasteiger partial charge in [-0.3, -0.25) is 9.00 Å². The Balaban J connectivity index is 2.89. The lowest BCUT2D eigenvalue weighted by molar-refractivity contribution is -0.119. The van der Waals surface area contributed by atoms with Gasteiger partial charge in [-0.25, -0.2) is 4.72 Å². The van der Waals surface area contributed by atoms with Crippen LogP contribution in [-0.2, 0) is 16.1 Å². The first-order valence-electron chi connectivity index (χ1n) is 3.81. The summed E-state index contributed by atoms with van der Waals surface area (Å²) in [5.74, 6) is -0.736. The largest absolute Gasteiger partial charge is 0.760 e. The van der Waals surface area contributed by atoms with Crippen molar-refractivity contribution in [3.05, 3.63) is 35.9 Å². The molecule has 76 valence electrons. The first-order valence-corrected chi connectivity index (χ1v) is 4.88. The fourth-order valence-corrected chi connectivity index (χ4v) is 1.48. The molecule has 1 amide bonds. The minimum Gasteiger partial charge on any atom is -0.760 e. The van der Waals surface area contributed by atoms with E-state index in [1.807, 2.05) is 4.72 Å². The Bertz CT molecular complexity index is 342. The topological polar surface area (TPSA) is 95.2 Å². The van der Waals surface area contributed by atoms with E-state index < -0.39 is 23.2 Å². The van der Waals surface area contributed by atoms with E-state index in [0.717, 1.165) is 0 Å². The van der Waals surface area contributed by atoms with Crippen molar-refractivity contribution in [2.45, 2.75) is 6.04 Å². The van der Waals surface area contributed by atoms with Crippen LogP contribution in [0.3, 0.4) is 0 Å². The molecule has 0 aliphatic heterocycles. The fourth-order valence-electron chi connectivity index (χ4n) is 1.03. The van der Waals surface area contributed by atoms with Gasteiger partial charge in [0.15, 0.2) is 0 Å². The van der Waals surface area contributed by atoms with Gasteiger partial charge in [0.25, 0.3) is 0 Å². The highest BCUT2D eigenvalue weighted by Crippen LogP contribution is 2.11. The van der Waals surface area contributed by atoms with Crippen molar-refractivity contribution in [1.82, 2.24) is 4.72 Å². The molecule has 0 heterocycles. The van der Waals surface area contributed by atoms with E-state index in [0.29, 0.717) is 5.56 Å². The molecule has 0 aliphatic carbocycles.